The van der Waals surface area contributed by atoms with Crippen LogP contribution in [0.25, 0.3) is 0 Å². The number of benzene rings is 1. The van der Waals surface area contributed by atoms with Gasteiger partial charge in [-0.1, -0.05) is 19.9 Å². The van der Waals surface area contributed by atoms with Gasteiger partial charge in [0.25, 0.3) is 0 Å². The van der Waals surface area contributed by atoms with E-state index >= 15 is 0 Å². The number of nitrogens with two attached hydrogens (primary N) is 1. The molecular formula is C24H28N4O4. The van der Waals surface area contributed by atoms with Crippen LogP contribution in [0.2, 0.25) is 0 Å². The van der Waals surface area contributed by atoms with Gasteiger partial charge in [-0.25, -0.2) is 0 Å². The second kappa shape index (κ2) is 8.98. The van der Waals surface area contributed by atoms with Gasteiger partial charge in [0, 0.05) is 19.2 Å². The average Bonchev–Trinajstić information content (AvgIpc) is 3.21. The van der Waals surface area contributed by atoms with E-state index in [1.165, 1.54) is 18.5 Å². The number of hydrogen-bond donors (Lipinski definition) is 2. The van der Waals surface area contributed by atoms with Crippen molar-refractivity contribution in [3.05, 3.63) is 53.3 Å². The van der Waals surface area contributed by atoms with Gasteiger partial charge in [0.1, 0.15) is 11.9 Å². The first-order chi connectivity index (χ1) is 15.4. The molecule has 2 aliphatic rings. The zero-order chi connectivity index (χ0) is 22.8. The van der Waals surface area contributed by atoms with Gasteiger partial charge < -0.3 is 20.7 Å². The molecule has 2 aliphatic heterocycles. The molecule has 0 spiro atoms. The van der Waals surface area contributed by atoms with Crippen molar-refractivity contribution in [3.8, 4) is 5.75 Å². The standard InChI is InChI=1S/C24H28N4O4/c1-3-19-10-16-8-15(5-7-21(16)32-19)20-6-4-14(2)13-28(20)24(31)23(30)27-18-9-17(22(25)29)11-26-12-18/h5,7-9,11-12,14,19-20H,3-4,6,10,13H2,1-2H3,(H2,25,29)(H,27,30)/t14-,19-,20+/m1/s1. The Morgan fingerprint density at radius 3 is 2.78 bits per heavy atom. The minimum Gasteiger partial charge on any atom is -0.490 e. The predicted molar refractivity (Wildman–Crippen MR) is 119 cm³/mol. The number of nitrogens with one attached hydrogen (secondary N) is 1. The summed E-state index contributed by atoms with van der Waals surface area (Å²) in [4.78, 5) is 42.9. The Hall–Kier alpha value is -3.42. The highest BCUT2D eigenvalue weighted by atomic mass is 16.5. The Morgan fingerprint density at radius 2 is 2.03 bits per heavy atom. The molecule has 8 nitrogen and oxygen atoms in total. The minimum atomic E-state index is -0.761. The molecule has 1 aromatic carbocycles. The molecule has 1 saturated heterocycles. The fraction of sp³-hybridized carbons (Fsp3) is 0.417. The van der Waals surface area contributed by atoms with Crippen molar-refractivity contribution in [2.45, 2.75) is 51.7 Å². The number of fused-ring (bicyclic) bond motifs is 1. The van der Waals surface area contributed by atoms with E-state index < -0.39 is 17.7 Å². The highest BCUT2D eigenvalue weighted by Gasteiger charge is 2.35. The molecule has 0 saturated carbocycles. The normalized spacial score (nSPS) is 22.1. The number of primary amides is 1. The molecule has 0 unspecified atom stereocenters. The lowest BCUT2D eigenvalue weighted by Crippen LogP contribution is -2.46. The summed E-state index contributed by atoms with van der Waals surface area (Å²) in [5.74, 6) is -0.819. The summed E-state index contributed by atoms with van der Waals surface area (Å²) in [6, 6.07) is 7.31. The van der Waals surface area contributed by atoms with Crippen LogP contribution >= 0.6 is 0 Å². The number of amides is 3. The van der Waals surface area contributed by atoms with Crippen LogP contribution in [-0.4, -0.2) is 40.3 Å². The minimum absolute atomic E-state index is 0.158. The Bertz CT molecular complexity index is 1050. The zero-order valence-corrected chi connectivity index (χ0v) is 18.3. The molecule has 168 valence electrons. The number of rotatable bonds is 4. The summed E-state index contributed by atoms with van der Waals surface area (Å²) in [6.07, 6.45) is 6.45. The quantitative estimate of drug-likeness (QED) is 0.715. The highest BCUT2D eigenvalue weighted by molar-refractivity contribution is 6.39. The Morgan fingerprint density at radius 1 is 1.22 bits per heavy atom. The van der Waals surface area contributed by atoms with Gasteiger partial charge in [0.05, 0.1) is 23.5 Å². The van der Waals surface area contributed by atoms with Crippen molar-refractivity contribution in [2.24, 2.45) is 11.7 Å². The topological polar surface area (TPSA) is 115 Å². The van der Waals surface area contributed by atoms with Crippen molar-refractivity contribution in [3.63, 3.8) is 0 Å². The van der Waals surface area contributed by atoms with E-state index in [2.05, 4.69) is 30.2 Å². The molecule has 0 bridgehead atoms. The van der Waals surface area contributed by atoms with Crippen LogP contribution < -0.4 is 15.8 Å². The Kier molecular flexibility index (Phi) is 6.12. The third-order valence-electron chi connectivity index (χ3n) is 6.22. The van der Waals surface area contributed by atoms with Crippen LogP contribution in [0, 0.1) is 5.92 Å². The maximum Gasteiger partial charge on any atom is 0.313 e. The number of pyridine rings is 1. The zero-order valence-electron chi connectivity index (χ0n) is 18.3. The average molecular weight is 437 g/mol. The molecule has 8 heteroatoms. The molecule has 0 aliphatic carbocycles. The summed E-state index contributed by atoms with van der Waals surface area (Å²) in [5.41, 5.74) is 7.85. The van der Waals surface area contributed by atoms with Crippen molar-refractivity contribution in [1.82, 2.24) is 9.88 Å². The molecule has 1 aromatic heterocycles. The lowest BCUT2D eigenvalue weighted by atomic mass is 9.89. The number of ether oxygens (including phenoxy) is 1. The number of anilines is 1. The van der Waals surface area contributed by atoms with Gasteiger partial charge in [-0.15, -0.1) is 0 Å². The van der Waals surface area contributed by atoms with E-state index in [0.29, 0.717) is 12.5 Å². The number of piperidine rings is 1. The monoisotopic (exact) mass is 436 g/mol. The lowest BCUT2D eigenvalue weighted by Gasteiger charge is -2.38. The van der Waals surface area contributed by atoms with E-state index in [1.54, 1.807) is 4.90 Å². The van der Waals surface area contributed by atoms with Crippen molar-refractivity contribution < 1.29 is 19.1 Å². The first-order valence-electron chi connectivity index (χ1n) is 11.0. The summed E-state index contributed by atoms with van der Waals surface area (Å²) in [6.45, 7) is 4.69. The predicted octanol–water partition coefficient (Wildman–Crippen LogP) is 2.83. The number of hydrogen-bond acceptors (Lipinski definition) is 5. The first kappa shape index (κ1) is 21.8. The van der Waals surface area contributed by atoms with Gasteiger partial charge >= 0.3 is 11.8 Å². The largest absolute Gasteiger partial charge is 0.490 e. The van der Waals surface area contributed by atoms with E-state index in [9.17, 15) is 14.4 Å². The molecule has 0 radical (unpaired) electrons. The maximum atomic E-state index is 13.2. The van der Waals surface area contributed by atoms with Crippen molar-refractivity contribution in [1.29, 1.82) is 0 Å². The molecule has 3 atom stereocenters. The van der Waals surface area contributed by atoms with E-state index in [0.717, 1.165) is 42.6 Å². The SMILES string of the molecule is CC[C@@H]1Cc2cc([C@@H]3CC[C@@H](C)CN3C(=O)C(=O)Nc3cncc(C(N)=O)c3)ccc2O1. The van der Waals surface area contributed by atoms with Crippen LogP contribution in [0.1, 0.15) is 60.6 Å². The molecule has 4 rings (SSSR count). The second-order valence-corrected chi connectivity index (χ2v) is 8.66. The van der Waals surface area contributed by atoms with Crippen molar-refractivity contribution >= 4 is 23.4 Å². The molecule has 3 heterocycles. The van der Waals surface area contributed by atoms with Gasteiger partial charge in [-0.2, -0.15) is 0 Å². The number of aromatic nitrogens is 1. The molecule has 1 fully saturated rings. The molecular weight excluding hydrogens is 408 g/mol. The fourth-order valence-corrected chi connectivity index (χ4v) is 4.46. The van der Waals surface area contributed by atoms with E-state index in [-0.39, 0.29) is 23.4 Å². The number of nitrogens with zero attached hydrogens (tertiary/aromatic N) is 2. The number of carbonyl (C=O) groups excluding carboxylic acids is 3. The van der Waals surface area contributed by atoms with Crippen LogP contribution in [0.15, 0.2) is 36.7 Å². The van der Waals surface area contributed by atoms with Gasteiger partial charge in [0.15, 0.2) is 0 Å². The van der Waals surface area contributed by atoms with Crippen LogP contribution in [-0.2, 0) is 16.0 Å². The Balaban J connectivity index is 1.54. The Labute approximate surface area is 187 Å². The van der Waals surface area contributed by atoms with Crippen LogP contribution in [0.5, 0.6) is 5.75 Å². The van der Waals surface area contributed by atoms with E-state index in [4.69, 9.17) is 10.5 Å². The molecule has 3 N–H and O–H groups in total. The van der Waals surface area contributed by atoms with Gasteiger partial charge in [-0.3, -0.25) is 19.4 Å². The van der Waals surface area contributed by atoms with Gasteiger partial charge in [-0.05, 0) is 54.5 Å². The number of carbonyl (C=O) groups is 3. The molecule has 3 amide bonds. The third kappa shape index (κ3) is 4.44. The maximum absolute atomic E-state index is 13.2. The van der Waals surface area contributed by atoms with Crippen molar-refractivity contribution in [2.75, 3.05) is 11.9 Å². The smallest absolute Gasteiger partial charge is 0.313 e. The van der Waals surface area contributed by atoms with E-state index in [1.807, 2.05) is 12.1 Å². The molecule has 2 aromatic rings. The summed E-state index contributed by atoms with van der Waals surface area (Å²) in [5, 5.41) is 2.56. The summed E-state index contributed by atoms with van der Waals surface area (Å²) >= 11 is 0. The first-order valence-corrected chi connectivity index (χ1v) is 11.0. The van der Waals surface area contributed by atoms with Gasteiger partial charge in [0.2, 0.25) is 5.91 Å². The second-order valence-electron chi connectivity index (χ2n) is 8.66. The van der Waals surface area contributed by atoms with Crippen LogP contribution in [0.3, 0.4) is 0 Å². The summed E-state index contributed by atoms with van der Waals surface area (Å²) in [7, 11) is 0. The highest BCUT2D eigenvalue weighted by Crippen LogP contribution is 2.38. The molecule has 32 heavy (non-hydrogen) atoms. The number of likely N-dealkylation sites (tertiary alicyclic amines) is 1. The third-order valence-corrected chi connectivity index (χ3v) is 6.22. The lowest BCUT2D eigenvalue weighted by molar-refractivity contribution is -0.146. The van der Waals surface area contributed by atoms with Crippen LogP contribution in [0.4, 0.5) is 5.69 Å². The fourth-order valence-electron chi connectivity index (χ4n) is 4.46. The summed E-state index contributed by atoms with van der Waals surface area (Å²) < 4.78 is 5.94.